The lowest BCUT2D eigenvalue weighted by molar-refractivity contribution is 0.195. The SMILES string of the molecule is COCCc1nc(C(C)N)co1. The van der Waals surface area contributed by atoms with E-state index in [9.17, 15) is 0 Å². The number of nitrogens with two attached hydrogens (primary N) is 1. The molecule has 1 atom stereocenters. The van der Waals surface area contributed by atoms with Crippen molar-refractivity contribution in [2.24, 2.45) is 5.73 Å². The summed E-state index contributed by atoms with van der Waals surface area (Å²) in [7, 11) is 1.65. The maximum atomic E-state index is 5.60. The highest BCUT2D eigenvalue weighted by atomic mass is 16.5. The van der Waals surface area contributed by atoms with Crippen LogP contribution in [0.3, 0.4) is 0 Å². The van der Waals surface area contributed by atoms with Gasteiger partial charge >= 0.3 is 0 Å². The van der Waals surface area contributed by atoms with Crippen LogP contribution in [0.4, 0.5) is 0 Å². The summed E-state index contributed by atoms with van der Waals surface area (Å²) in [5.41, 5.74) is 6.39. The molecule has 12 heavy (non-hydrogen) atoms. The highest BCUT2D eigenvalue weighted by molar-refractivity contribution is 5.00. The van der Waals surface area contributed by atoms with Gasteiger partial charge in [-0.05, 0) is 6.92 Å². The van der Waals surface area contributed by atoms with E-state index in [4.69, 9.17) is 14.9 Å². The van der Waals surface area contributed by atoms with Crippen molar-refractivity contribution >= 4 is 0 Å². The zero-order chi connectivity index (χ0) is 8.97. The molecule has 4 nitrogen and oxygen atoms in total. The Bertz CT molecular complexity index is 233. The molecular weight excluding hydrogens is 156 g/mol. The molecule has 2 N–H and O–H groups in total. The molecule has 0 bridgehead atoms. The molecule has 0 saturated heterocycles. The Balaban J connectivity index is 2.52. The third kappa shape index (κ3) is 2.32. The molecule has 1 unspecified atom stereocenters. The van der Waals surface area contributed by atoms with Gasteiger partial charge in [0.1, 0.15) is 6.26 Å². The standard InChI is InChI=1S/C8H14N2O2/c1-6(9)7-5-12-8(10-7)3-4-11-2/h5-6H,3-4,9H2,1-2H3. The summed E-state index contributed by atoms with van der Waals surface area (Å²) in [4.78, 5) is 4.18. The van der Waals surface area contributed by atoms with Crippen LogP contribution in [-0.4, -0.2) is 18.7 Å². The Morgan fingerprint density at radius 3 is 3.00 bits per heavy atom. The third-order valence-electron chi connectivity index (χ3n) is 1.56. The molecule has 0 aromatic carbocycles. The van der Waals surface area contributed by atoms with Crippen LogP contribution in [0.5, 0.6) is 0 Å². The number of ether oxygens (including phenoxy) is 1. The van der Waals surface area contributed by atoms with Crippen LogP contribution >= 0.6 is 0 Å². The number of hydrogen-bond acceptors (Lipinski definition) is 4. The van der Waals surface area contributed by atoms with Crippen LogP contribution < -0.4 is 5.73 Å². The lowest BCUT2D eigenvalue weighted by Crippen LogP contribution is -2.05. The van der Waals surface area contributed by atoms with E-state index in [1.54, 1.807) is 13.4 Å². The van der Waals surface area contributed by atoms with Crippen LogP contribution in [0.25, 0.3) is 0 Å². The van der Waals surface area contributed by atoms with Crippen molar-refractivity contribution in [2.75, 3.05) is 13.7 Å². The fourth-order valence-electron chi connectivity index (χ4n) is 0.838. The molecule has 1 heterocycles. The molecule has 0 aliphatic rings. The number of hydrogen-bond donors (Lipinski definition) is 1. The van der Waals surface area contributed by atoms with E-state index >= 15 is 0 Å². The first-order valence-corrected chi connectivity index (χ1v) is 3.93. The quantitative estimate of drug-likeness (QED) is 0.728. The van der Waals surface area contributed by atoms with E-state index in [1.165, 1.54) is 0 Å². The summed E-state index contributed by atoms with van der Waals surface area (Å²) in [6.45, 7) is 2.50. The van der Waals surface area contributed by atoms with Gasteiger partial charge in [0, 0.05) is 19.6 Å². The summed E-state index contributed by atoms with van der Waals surface area (Å²) < 4.78 is 10.0. The number of aromatic nitrogens is 1. The normalized spacial score (nSPS) is 13.2. The topological polar surface area (TPSA) is 61.3 Å². The minimum atomic E-state index is -0.0648. The second-order valence-electron chi connectivity index (χ2n) is 2.70. The molecule has 0 aliphatic carbocycles. The molecule has 0 radical (unpaired) electrons. The molecule has 1 rings (SSSR count). The number of nitrogens with zero attached hydrogens (tertiary/aromatic N) is 1. The summed E-state index contributed by atoms with van der Waals surface area (Å²) in [6, 6.07) is -0.0648. The fourth-order valence-corrected chi connectivity index (χ4v) is 0.838. The van der Waals surface area contributed by atoms with Crippen LogP contribution in [0.1, 0.15) is 24.6 Å². The Morgan fingerprint density at radius 2 is 2.50 bits per heavy atom. The van der Waals surface area contributed by atoms with E-state index < -0.39 is 0 Å². The van der Waals surface area contributed by atoms with Crippen molar-refractivity contribution in [2.45, 2.75) is 19.4 Å². The summed E-state index contributed by atoms with van der Waals surface area (Å²) in [5, 5.41) is 0. The number of rotatable bonds is 4. The van der Waals surface area contributed by atoms with Gasteiger partial charge in [0.25, 0.3) is 0 Å². The third-order valence-corrected chi connectivity index (χ3v) is 1.56. The number of methoxy groups -OCH3 is 1. The van der Waals surface area contributed by atoms with Crippen LogP contribution in [0.2, 0.25) is 0 Å². The Labute approximate surface area is 71.7 Å². The van der Waals surface area contributed by atoms with Gasteiger partial charge in [0.2, 0.25) is 0 Å². The highest BCUT2D eigenvalue weighted by Gasteiger charge is 2.06. The molecule has 0 fully saturated rings. The highest BCUT2D eigenvalue weighted by Crippen LogP contribution is 2.09. The molecule has 0 spiro atoms. The van der Waals surface area contributed by atoms with Gasteiger partial charge < -0.3 is 14.9 Å². The molecular formula is C8H14N2O2. The predicted molar refractivity (Wildman–Crippen MR) is 44.7 cm³/mol. The van der Waals surface area contributed by atoms with E-state index in [2.05, 4.69) is 4.98 Å². The van der Waals surface area contributed by atoms with Crippen molar-refractivity contribution in [3.05, 3.63) is 17.8 Å². The summed E-state index contributed by atoms with van der Waals surface area (Å²) in [6.07, 6.45) is 2.29. The predicted octanol–water partition coefficient (Wildman–Crippen LogP) is 0.883. The van der Waals surface area contributed by atoms with Gasteiger partial charge in [-0.1, -0.05) is 0 Å². The lowest BCUT2D eigenvalue weighted by Gasteiger charge is -1.95. The largest absolute Gasteiger partial charge is 0.449 e. The minimum Gasteiger partial charge on any atom is -0.449 e. The monoisotopic (exact) mass is 170 g/mol. The Kier molecular flexibility index (Phi) is 3.25. The first-order chi connectivity index (χ1) is 5.74. The maximum absolute atomic E-state index is 5.60. The van der Waals surface area contributed by atoms with Crippen LogP contribution in [0, 0.1) is 0 Å². The average Bonchev–Trinajstić information content (AvgIpc) is 2.48. The molecule has 0 aliphatic heterocycles. The molecule has 1 aromatic rings. The first kappa shape index (κ1) is 9.22. The van der Waals surface area contributed by atoms with Gasteiger partial charge in [0.15, 0.2) is 5.89 Å². The maximum Gasteiger partial charge on any atom is 0.196 e. The fraction of sp³-hybridized carbons (Fsp3) is 0.625. The Hall–Kier alpha value is -0.870. The summed E-state index contributed by atoms with van der Waals surface area (Å²) >= 11 is 0. The van der Waals surface area contributed by atoms with Gasteiger partial charge in [-0.3, -0.25) is 0 Å². The van der Waals surface area contributed by atoms with Gasteiger partial charge in [-0.2, -0.15) is 0 Å². The van der Waals surface area contributed by atoms with Gasteiger partial charge in [-0.25, -0.2) is 4.98 Å². The van der Waals surface area contributed by atoms with E-state index in [0.717, 1.165) is 5.69 Å². The second kappa shape index (κ2) is 4.23. The second-order valence-corrected chi connectivity index (χ2v) is 2.70. The van der Waals surface area contributed by atoms with E-state index in [0.29, 0.717) is 18.9 Å². The average molecular weight is 170 g/mol. The van der Waals surface area contributed by atoms with Gasteiger partial charge in [0.05, 0.1) is 12.3 Å². The van der Waals surface area contributed by atoms with Gasteiger partial charge in [-0.15, -0.1) is 0 Å². The molecule has 0 amide bonds. The zero-order valence-corrected chi connectivity index (χ0v) is 7.41. The molecule has 0 saturated carbocycles. The Morgan fingerprint density at radius 1 is 1.75 bits per heavy atom. The van der Waals surface area contributed by atoms with Crippen molar-refractivity contribution in [1.29, 1.82) is 0 Å². The minimum absolute atomic E-state index is 0.0648. The smallest absolute Gasteiger partial charge is 0.196 e. The zero-order valence-electron chi connectivity index (χ0n) is 7.41. The summed E-state index contributed by atoms with van der Waals surface area (Å²) in [5.74, 6) is 0.684. The van der Waals surface area contributed by atoms with Crippen molar-refractivity contribution in [3.8, 4) is 0 Å². The van der Waals surface area contributed by atoms with E-state index in [1.807, 2.05) is 6.92 Å². The molecule has 4 heteroatoms. The molecule has 1 aromatic heterocycles. The van der Waals surface area contributed by atoms with Crippen LogP contribution in [-0.2, 0) is 11.2 Å². The first-order valence-electron chi connectivity index (χ1n) is 3.93. The van der Waals surface area contributed by atoms with Crippen molar-refractivity contribution < 1.29 is 9.15 Å². The number of oxazole rings is 1. The van der Waals surface area contributed by atoms with Crippen LogP contribution in [0.15, 0.2) is 10.7 Å². The lowest BCUT2D eigenvalue weighted by atomic mass is 10.3. The van der Waals surface area contributed by atoms with Crippen molar-refractivity contribution in [1.82, 2.24) is 4.98 Å². The molecule has 68 valence electrons. The van der Waals surface area contributed by atoms with Crippen molar-refractivity contribution in [3.63, 3.8) is 0 Å². The van der Waals surface area contributed by atoms with E-state index in [-0.39, 0.29) is 6.04 Å².